The average Bonchev–Trinajstić information content (AvgIpc) is 2.79. The van der Waals surface area contributed by atoms with Crippen molar-refractivity contribution in [2.45, 2.75) is 25.4 Å². The Labute approximate surface area is 186 Å². The molecule has 3 aromatic carbocycles. The van der Waals surface area contributed by atoms with Crippen molar-refractivity contribution < 1.29 is 4.74 Å². The van der Waals surface area contributed by atoms with Crippen LogP contribution in [0.3, 0.4) is 0 Å². The summed E-state index contributed by atoms with van der Waals surface area (Å²) in [7, 11) is 0. The minimum Gasteiger partial charge on any atom is -0.492 e. The van der Waals surface area contributed by atoms with E-state index < -0.39 is 0 Å². The van der Waals surface area contributed by atoms with Gasteiger partial charge in [0.25, 0.3) is 0 Å². The first-order valence-corrected chi connectivity index (χ1v) is 10.7. The molecule has 158 valence electrons. The molecule has 0 aromatic heterocycles. The molecule has 1 aliphatic heterocycles. The van der Waals surface area contributed by atoms with Crippen molar-refractivity contribution in [3.05, 3.63) is 90.5 Å². The molecule has 0 aliphatic carbocycles. The van der Waals surface area contributed by atoms with Crippen molar-refractivity contribution in [1.82, 2.24) is 10.2 Å². The van der Waals surface area contributed by atoms with E-state index in [1.54, 1.807) is 0 Å². The number of nitrogens with zero attached hydrogens (tertiary/aromatic N) is 1. The first kappa shape index (κ1) is 22.4. The number of ether oxygens (including phenoxy) is 1. The first-order valence-electron chi connectivity index (χ1n) is 10.7. The number of hydrogen-bond donors (Lipinski definition) is 1. The third-order valence-corrected chi connectivity index (χ3v) is 5.60. The van der Waals surface area contributed by atoms with Gasteiger partial charge in [0.2, 0.25) is 0 Å². The third kappa shape index (κ3) is 6.33. The van der Waals surface area contributed by atoms with Crippen molar-refractivity contribution in [2.24, 2.45) is 0 Å². The summed E-state index contributed by atoms with van der Waals surface area (Å²) >= 11 is 0. The second kappa shape index (κ2) is 11.8. The van der Waals surface area contributed by atoms with Gasteiger partial charge in [-0.1, -0.05) is 78.9 Å². The summed E-state index contributed by atoms with van der Waals surface area (Å²) in [5.41, 5.74) is 3.76. The molecular formula is C26H31ClN2O. The van der Waals surface area contributed by atoms with E-state index in [1.165, 1.54) is 24.0 Å². The van der Waals surface area contributed by atoms with E-state index in [9.17, 15) is 0 Å². The SMILES string of the molecule is Cl.c1ccc(CN2CCC(NCCOc3ccccc3-c3ccccc3)CC2)cc1. The first-order chi connectivity index (χ1) is 14.4. The Kier molecular flexibility index (Phi) is 8.76. The predicted molar refractivity (Wildman–Crippen MR) is 127 cm³/mol. The Morgan fingerprint density at radius 2 is 1.43 bits per heavy atom. The monoisotopic (exact) mass is 422 g/mol. The van der Waals surface area contributed by atoms with Gasteiger partial charge in [-0.15, -0.1) is 12.4 Å². The molecule has 1 heterocycles. The summed E-state index contributed by atoms with van der Waals surface area (Å²) in [5, 5.41) is 3.68. The normalized spacial score (nSPS) is 14.8. The van der Waals surface area contributed by atoms with Gasteiger partial charge in [-0.2, -0.15) is 0 Å². The lowest BCUT2D eigenvalue weighted by Gasteiger charge is -2.32. The van der Waals surface area contributed by atoms with Crippen LogP contribution in [0, 0.1) is 0 Å². The average molecular weight is 423 g/mol. The molecule has 1 aliphatic rings. The van der Waals surface area contributed by atoms with E-state index in [-0.39, 0.29) is 12.4 Å². The molecule has 0 unspecified atom stereocenters. The molecule has 1 N–H and O–H groups in total. The van der Waals surface area contributed by atoms with Gasteiger partial charge in [0.1, 0.15) is 12.4 Å². The van der Waals surface area contributed by atoms with Gasteiger partial charge in [0.05, 0.1) is 0 Å². The van der Waals surface area contributed by atoms with Crippen LogP contribution in [0.1, 0.15) is 18.4 Å². The number of benzene rings is 3. The molecule has 3 nitrogen and oxygen atoms in total. The summed E-state index contributed by atoms with van der Waals surface area (Å²) < 4.78 is 6.11. The molecule has 0 saturated carbocycles. The van der Waals surface area contributed by atoms with E-state index in [0.717, 1.165) is 37.5 Å². The second-order valence-corrected chi connectivity index (χ2v) is 7.70. The number of piperidine rings is 1. The van der Waals surface area contributed by atoms with Crippen LogP contribution in [-0.2, 0) is 6.54 Å². The molecule has 4 heteroatoms. The highest BCUT2D eigenvalue weighted by molar-refractivity contribution is 5.85. The number of halogens is 1. The van der Waals surface area contributed by atoms with Crippen LogP contribution < -0.4 is 10.1 Å². The number of hydrogen-bond acceptors (Lipinski definition) is 3. The smallest absolute Gasteiger partial charge is 0.127 e. The Morgan fingerprint density at radius 1 is 0.800 bits per heavy atom. The van der Waals surface area contributed by atoms with Crippen molar-refractivity contribution in [3.63, 3.8) is 0 Å². The fourth-order valence-electron chi connectivity index (χ4n) is 4.01. The lowest BCUT2D eigenvalue weighted by Crippen LogP contribution is -2.43. The van der Waals surface area contributed by atoms with Crippen LogP contribution in [0.2, 0.25) is 0 Å². The molecule has 3 aromatic rings. The molecule has 0 atom stereocenters. The highest BCUT2D eigenvalue weighted by Gasteiger charge is 2.18. The van der Waals surface area contributed by atoms with E-state index in [1.807, 2.05) is 12.1 Å². The molecule has 0 amide bonds. The summed E-state index contributed by atoms with van der Waals surface area (Å²) in [6.07, 6.45) is 2.40. The van der Waals surface area contributed by atoms with Crippen molar-refractivity contribution in [2.75, 3.05) is 26.2 Å². The van der Waals surface area contributed by atoms with Gasteiger partial charge in [0.15, 0.2) is 0 Å². The minimum atomic E-state index is 0. The summed E-state index contributed by atoms with van der Waals surface area (Å²) in [4.78, 5) is 2.56. The van der Waals surface area contributed by atoms with Crippen LogP contribution >= 0.6 is 12.4 Å². The zero-order chi connectivity index (χ0) is 19.7. The van der Waals surface area contributed by atoms with E-state index in [4.69, 9.17) is 4.74 Å². The molecule has 0 spiro atoms. The van der Waals surface area contributed by atoms with Crippen molar-refractivity contribution >= 4 is 12.4 Å². The highest BCUT2D eigenvalue weighted by Crippen LogP contribution is 2.29. The van der Waals surface area contributed by atoms with E-state index in [0.29, 0.717) is 12.6 Å². The predicted octanol–water partition coefficient (Wildman–Crippen LogP) is 5.41. The van der Waals surface area contributed by atoms with Gasteiger partial charge < -0.3 is 10.1 Å². The molecule has 0 bridgehead atoms. The van der Waals surface area contributed by atoms with Crippen LogP contribution in [0.4, 0.5) is 0 Å². The van der Waals surface area contributed by atoms with Crippen molar-refractivity contribution in [1.29, 1.82) is 0 Å². The lowest BCUT2D eigenvalue weighted by molar-refractivity contribution is 0.186. The number of para-hydroxylation sites is 1. The molecule has 1 fully saturated rings. The highest BCUT2D eigenvalue weighted by atomic mass is 35.5. The Morgan fingerprint density at radius 3 is 2.17 bits per heavy atom. The number of rotatable bonds is 8. The molecule has 1 saturated heterocycles. The molecule has 30 heavy (non-hydrogen) atoms. The van der Waals surface area contributed by atoms with Gasteiger partial charge in [-0.3, -0.25) is 4.90 Å². The van der Waals surface area contributed by atoms with Gasteiger partial charge >= 0.3 is 0 Å². The lowest BCUT2D eigenvalue weighted by atomic mass is 10.0. The Balaban J connectivity index is 0.00000256. The van der Waals surface area contributed by atoms with Gasteiger partial charge in [-0.25, -0.2) is 0 Å². The van der Waals surface area contributed by atoms with Crippen LogP contribution in [0.15, 0.2) is 84.9 Å². The molecule has 4 rings (SSSR count). The molecule has 0 radical (unpaired) electrons. The van der Waals surface area contributed by atoms with Gasteiger partial charge in [-0.05, 0) is 43.1 Å². The van der Waals surface area contributed by atoms with Crippen LogP contribution in [0.25, 0.3) is 11.1 Å². The van der Waals surface area contributed by atoms with E-state index >= 15 is 0 Å². The third-order valence-electron chi connectivity index (χ3n) is 5.60. The standard InChI is InChI=1S/C26H30N2O.ClH/c1-3-9-22(10-4-1)21-28-18-15-24(16-19-28)27-17-20-29-26-14-8-7-13-25(26)23-11-5-2-6-12-23;/h1-14,24,27H,15-21H2;1H. The minimum absolute atomic E-state index is 0. The van der Waals surface area contributed by atoms with Crippen LogP contribution in [-0.4, -0.2) is 37.2 Å². The summed E-state index contributed by atoms with van der Waals surface area (Å²) in [6.45, 7) is 4.95. The fourth-order valence-corrected chi connectivity index (χ4v) is 4.01. The zero-order valence-corrected chi connectivity index (χ0v) is 18.2. The Hall–Kier alpha value is -2.33. The largest absolute Gasteiger partial charge is 0.492 e. The Bertz CT molecular complexity index is 864. The molecular weight excluding hydrogens is 392 g/mol. The quantitative estimate of drug-likeness (QED) is 0.491. The second-order valence-electron chi connectivity index (χ2n) is 7.70. The fraction of sp³-hybridized carbons (Fsp3) is 0.308. The topological polar surface area (TPSA) is 24.5 Å². The maximum atomic E-state index is 6.11. The maximum absolute atomic E-state index is 6.11. The van der Waals surface area contributed by atoms with Gasteiger partial charge in [0, 0.05) is 24.7 Å². The number of nitrogens with one attached hydrogen (secondary N) is 1. The zero-order valence-electron chi connectivity index (χ0n) is 17.4. The van der Waals surface area contributed by atoms with Crippen LogP contribution in [0.5, 0.6) is 5.75 Å². The van der Waals surface area contributed by atoms with E-state index in [2.05, 4.69) is 83.0 Å². The van der Waals surface area contributed by atoms with Crippen molar-refractivity contribution in [3.8, 4) is 16.9 Å². The summed E-state index contributed by atoms with van der Waals surface area (Å²) in [6, 6.07) is 30.1. The number of likely N-dealkylation sites (tertiary alicyclic amines) is 1. The summed E-state index contributed by atoms with van der Waals surface area (Å²) in [5.74, 6) is 0.957. The maximum Gasteiger partial charge on any atom is 0.127 e.